The standard InChI is InChI=1S/C6H8O2/c7-6(8)4-3-5-1-2-5/h1H,2-4H2,(H,7,8). The van der Waals surface area contributed by atoms with E-state index in [1.54, 1.807) is 0 Å². The smallest absolute Gasteiger partial charge is 0.303 e. The molecule has 0 aromatic heterocycles. The number of carboxylic acids is 1. The Hall–Kier alpha value is -0.790. The van der Waals surface area contributed by atoms with Crippen molar-refractivity contribution in [3.8, 4) is 0 Å². The van der Waals surface area contributed by atoms with Crippen LogP contribution in [-0.4, -0.2) is 11.1 Å². The zero-order valence-electron chi connectivity index (χ0n) is 4.55. The molecule has 1 N–H and O–H groups in total. The highest BCUT2D eigenvalue weighted by Gasteiger charge is 2.07. The van der Waals surface area contributed by atoms with E-state index in [0.29, 0.717) is 6.42 Å². The molecule has 2 heteroatoms. The normalized spacial score (nSPS) is 15.2. The second kappa shape index (κ2) is 1.99. The Kier molecular flexibility index (Phi) is 1.33. The molecule has 44 valence electrons. The van der Waals surface area contributed by atoms with Crippen molar-refractivity contribution in [1.29, 1.82) is 0 Å². The third kappa shape index (κ3) is 1.78. The largest absolute Gasteiger partial charge is 0.481 e. The average Bonchev–Trinajstić information content (AvgIpc) is 2.41. The van der Waals surface area contributed by atoms with Crippen LogP contribution in [0.4, 0.5) is 0 Å². The Labute approximate surface area is 47.8 Å². The van der Waals surface area contributed by atoms with Crippen LogP contribution in [0, 0.1) is 0 Å². The van der Waals surface area contributed by atoms with Gasteiger partial charge < -0.3 is 5.11 Å². The van der Waals surface area contributed by atoms with E-state index < -0.39 is 5.97 Å². The lowest BCUT2D eigenvalue weighted by Gasteiger charge is -1.85. The molecule has 0 heterocycles. The highest BCUT2D eigenvalue weighted by Crippen LogP contribution is 2.23. The Morgan fingerprint density at radius 2 is 2.50 bits per heavy atom. The fourth-order valence-electron chi connectivity index (χ4n) is 0.544. The molecule has 0 fully saturated rings. The van der Waals surface area contributed by atoms with Crippen LogP contribution in [0.2, 0.25) is 0 Å². The second-order valence-electron chi connectivity index (χ2n) is 1.96. The predicted molar refractivity (Wildman–Crippen MR) is 29.6 cm³/mol. The van der Waals surface area contributed by atoms with Gasteiger partial charge >= 0.3 is 5.97 Å². The highest BCUT2D eigenvalue weighted by molar-refractivity contribution is 5.67. The predicted octanol–water partition coefficient (Wildman–Crippen LogP) is 1.18. The van der Waals surface area contributed by atoms with Gasteiger partial charge in [0.15, 0.2) is 0 Å². The minimum atomic E-state index is -0.696. The average molecular weight is 112 g/mol. The molecule has 0 spiro atoms. The molecule has 0 atom stereocenters. The van der Waals surface area contributed by atoms with Crippen LogP contribution in [0.5, 0.6) is 0 Å². The first-order valence-corrected chi connectivity index (χ1v) is 2.69. The minimum Gasteiger partial charge on any atom is -0.481 e. The molecule has 0 radical (unpaired) electrons. The molecule has 1 rings (SSSR count). The van der Waals surface area contributed by atoms with Crippen molar-refractivity contribution in [2.24, 2.45) is 0 Å². The minimum absolute atomic E-state index is 0.297. The summed E-state index contributed by atoms with van der Waals surface area (Å²) < 4.78 is 0. The van der Waals surface area contributed by atoms with Gasteiger partial charge in [0.05, 0.1) is 0 Å². The summed E-state index contributed by atoms with van der Waals surface area (Å²) in [6.45, 7) is 0. The van der Waals surface area contributed by atoms with Crippen LogP contribution in [0.1, 0.15) is 19.3 Å². The van der Waals surface area contributed by atoms with Gasteiger partial charge in [-0.05, 0) is 12.8 Å². The summed E-state index contributed by atoms with van der Waals surface area (Å²) in [5.41, 5.74) is 1.30. The van der Waals surface area contributed by atoms with Gasteiger partial charge in [0.2, 0.25) is 0 Å². The van der Waals surface area contributed by atoms with Gasteiger partial charge in [0.1, 0.15) is 0 Å². The second-order valence-corrected chi connectivity index (χ2v) is 1.96. The van der Waals surface area contributed by atoms with E-state index in [-0.39, 0.29) is 0 Å². The molecule has 0 aliphatic heterocycles. The van der Waals surface area contributed by atoms with Crippen molar-refractivity contribution in [2.75, 3.05) is 0 Å². The van der Waals surface area contributed by atoms with Crippen LogP contribution in [0.25, 0.3) is 0 Å². The van der Waals surface area contributed by atoms with E-state index in [2.05, 4.69) is 6.08 Å². The van der Waals surface area contributed by atoms with E-state index in [9.17, 15) is 4.79 Å². The van der Waals surface area contributed by atoms with Crippen LogP contribution in [-0.2, 0) is 4.79 Å². The summed E-state index contributed by atoms with van der Waals surface area (Å²) in [5.74, 6) is -0.696. The van der Waals surface area contributed by atoms with E-state index in [1.165, 1.54) is 5.57 Å². The maximum Gasteiger partial charge on any atom is 0.303 e. The summed E-state index contributed by atoms with van der Waals surface area (Å²) in [6, 6.07) is 0. The molecule has 8 heavy (non-hydrogen) atoms. The number of carboxylic acid groups (broad SMARTS) is 1. The van der Waals surface area contributed by atoms with Crippen molar-refractivity contribution >= 4 is 5.97 Å². The number of allylic oxidation sites excluding steroid dienone is 2. The van der Waals surface area contributed by atoms with Gasteiger partial charge in [-0.2, -0.15) is 0 Å². The lowest BCUT2D eigenvalue weighted by molar-refractivity contribution is -0.136. The Balaban J connectivity index is 2.04. The van der Waals surface area contributed by atoms with Crippen LogP contribution in [0.15, 0.2) is 11.6 Å². The highest BCUT2D eigenvalue weighted by atomic mass is 16.4. The molecule has 0 unspecified atom stereocenters. The summed E-state index contributed by atoms with van der Waals surface area (Å²) in [5, 5.41) is 8.16. The maximum atomic E-state index is 9.90. The van der Waals surface area contributed by atoms with E-state index in [1.807, 2.05) is 0 Å². The molecule has 0 aromatic carbocycles. The van der Waals surface area contributed by atoms with Crippen molar-refractivity contribution in [3.63, 3.8) is 0 Å². The Bertz CT molecular complexity index is 133. The number of rotatable bonds is 3. The summed E-state index contributed by atoms with van der Waals surface area (Å²) in [7, 11) is 0. The van der Waals surface area contributed by atoms with E-state index in [4.69, 9.17) is 5.11 Å². The lowest BCUT2D eigenvalue weighted by atomic mass is 10.3. The zero-order valence-corrected chi connectivity index (χ0v) is 4.55. The van der Waals surface area contributed by atoms with Gasteiger partial charge in [-0.1, -0.05) is 11.6 Å². The van der Waals surface area contributed by atoms with Gasteiger partial charge in [0.25, 0.3) is 0 Å². The van der Waals surface area contributed by atoms with Crippen LogP contribution >= 0.6 is 0 Å². The Morgan fingerprint density at radius 3 is 2.88 bits per heavy atom. The number of aliphatic carboxylic acids is 1. The third-order valence-corrected chi connectivity index (χ3v) is 1.15. The Morgan fingerprint density at radius 1 is 1.88 bits per heavy atom. The molecule has 0 bridgehead atoms. The van der Waals surface area contributed by atoms with Gasteiger partial charge in [-0.25, -0.2) is 0 Å². The molecule has 1 aliphatic carbocycles. The maximum absolute atomic E-state index is 9.90. The third-order valence-electron chi connectivity index (χ3n) is 1.15. The summed E-state index contributed by atoms with van der Waals surface area (Å²) in [6.07, 6.45) is 4.16. The van der Waals surface area contributed by atoms with Gasteiger partial charge in [-0.15, -0.1) is 0 Å². The van der Waals surface area contributed by atoms with Crippen molar-refractivity contribution in [1.82, 2.24) is 0 Å². The van der Waals surface area contributed by atoms with Gasteiger partial charge in [0, 0.05) is 6.42 Å². The monoisotopic (exact) mass is 112 g/mol. The fourth-order valence-corrected chi connectivity index (χ4v) is 0.544. The first kappa shape index (κ1) is 5.35. The lowest BCUT2D eigenvalue weighted by Crippen LogP contribution is -1.91. The first-order chi connectivity index (χ1) is 3.79. The fraction of sp³-hybridized carbons (Fsp3) is 0.500. The molecular weight excluding hydrogens is 104 g/mol. The molecule has 0 saturated carbocycles. The van der Waals surface area contributed by atoms with E-state index >= 15 is 0 Å². The molecule has 0 aromatic rings. The van der Waals surface area contributed by atoms with Crippen molar-refractivity contribution < 1.29 is 9.90 Å². The topological polar surface area (TPSA) is 37.3 Å². The molecule has 2 nitrogen and oxygen atoms in total. The number of hydrogen-bond acceptors (Lipinski definition) is 1. The van der Waals surface area contributed by atoms with Crippen molar-refractivity contribution in [3.05, 3.63) is 11.6 Å². The van der Waals surface area contributed by atoms with Crippen LogP contribution in [0.3, 0.4) is 0 Å². The number of hydrogen-bond donors (Lipinski definition) is 1. The van der Waals surface area contributed by atoms with E-state index in [0.717, 1.165) is 12.8 Å². The molecular formula is C6H8O2. The number of carbonyl (C=O) groups is 1. The summed E-state index contributed by atoms with van der Waals surface area (Å²) in [4.78, 5) is 9.90. The molecule has 1 aliphatic rings. The van der Waals surface area contributed by atoms with Crippen LogP contribution < -0.4 is 0 Å². The van der Waals surface area contributed by atoms with Gasteiger partial charge in [-0.3, -0.25) is 4.79 Å². The van der Waals surface area contributed by atoms with Crippen molar-refractivity contribution in [2.45, 2.75) is 19.3 Å². The summed E-state index contributed by atoms with van der Waals surface area (Å²) >= 11 is 0. The SMILES string of the molecule is O=C(O)CCC1=CC1. The first-order valence-electron chi connectivity index (χ1n) is 2.69. The molecule has 0 amide bonds. The molecule has 0 saturated heterocycles. The quantitative estimate of drug-likeness (QED) is 0.556. The zero-order chi connectivity index (χ0) is 5.98.